The molecule has 0 fully saturated rings. The molecule has 1 aromatic carbocycles. The van der Waals surface area contributed by atoms with Crippen LogP contribution in [0.15, 0.2) is 35.5 Å². The SMILES string of the molecule is Cc1ncc(CO)c(C=NC[C@@H]2COc3ccccc3O2)c1O. The summed E-state index contributed by atoms with van der Waals surface area (Å²) in [6, 6.07) is 7.50. The van der Waals surface area contributed by atoms with Crippen molar-refractivity contribution in [1.29, 1.82) is 0 Å². The molecule has 0 spiro atoms. The Kier molecular flexibility index (Phi) is 4.43. The van der Waals surface area contributed by atoms with Crippen molar-refractivity contribution >= 4 is 6.21 Å². The molecule has 1 aliphatic rings. The standard InChI is InChI=1S/C17H18N2O4/c1-11-17(21)14(12(9-20)6-19-11)8-18-7-13-10-22-15-4-2-3-5-16(15)23-13/h2-6,8,13,20-21H,7,9-10H2,1H3/t13-/m1/s1. The van der Waals surface area contributed by atoms with E-state index in [1.165, 1.54) is 6.20 Å². The van der Waals surface area contributed by atoms with Gasteiger partial charge in [0.1, 0.15) is 12.4 Å². The highest BCUT2D eigenvalue weighted by atomic mass is 16.6. The van der Waals surface area contributed by atoms with Crippen molar-refractivity contribution in [2.75, 3.05) is 13.2 Å². The molecular formula is C17H18N2O4. The van der Waals surface area contributed by atoms with E-state index in [9.17, 15) is 10.2 Å². The Balaban J connectivity index is 1.70. The smallest absolute Gasteiger partial charge is 0.161 e. The number of nitrogens with zero attached hydrogens (tertiary/aromatic N) is 2. The van der Waals surface area contributed by atoms with Crippen molar-refractivity contribution in [3.05, 3.63) is 47.3 Å². The third kappa shape index (κ3) is 3.27. The number of aliphatic hydroxyl groups is 1. The molecule has 2 N–H and O–H groups in total. The lowest BCUT2D eigenvalue weighted by molar-refractivity contribution is 0.0973. The van der Waals surface area contributed by atoms with Gasteiger partial charge in [0.15, 0.2) is 17.6 Å². The molecule has 6 heteroatoms. The molecule has 2 heterocycles. The van der Waals surface area contributed by atoms with Crippen LogP contribution in [0.25, 0.3) is 0 Å². The molecule has 1 aliphatic heterocycles. The van der Waals surface area contributed by atoms with Crippen molar-refractivity contribution < 1.29 is 19.7 Å². The molecule has 3 rings (SSSR count). The predicted octanol–water partition coefficient (Wildman–Crippen LogP) is 1.85. The summed E-state index contributed by atoms with van der Waals surface area (Å²) in [5, 5.41) is 19.4. The van der Waals surface area contributed by atoms with E-state index in [1.54, 1.807) is 13.1 Å². The average Bonchev–Trinajstić information content (AvgIpc) is 2.58. The maximum Gasteiger partial charge on any atom is 0.161 e. The molecular weight excluding hydrogens is 296 g/mol. The number of rotatable bonds is 4. The maximum absolute atomic E-state index is 10.1. The molecule has 120 valence electrons. The number of fused-ring (bicyclic) bond motifs is 1. The molecule has 0 saturated heterocycles. The zero-order valence-electron chi connectivity index (χ0n) is 12.8. The monoisotopic (exact) mass is 314 g/mol. The summed E-state index contributed by atoms with van der Waals surface area (Å²) in [7, 11) is 0. The molecule has 0 unspecified atom stereocenters. The molecule has 0 amide bonds. The fourth-order valence-corrected chi connectivity index (χ4v) is 2.34. The van der Waals surface area contributed by atoms with Crippen LogP contribution >= 0.6 is 0 Å². The number of aromatic hydroxyl groups is 1. The number of ether oxygens (including phenoxy) is 2. The summed E-state index contributed by atoms with van der Waals surface area (Å²) in [4.78, 5) is 8.34. The first-order valence-electron chi connectivity index (χ1n) is 7.35. The number of para-hydroxylation sites is 2. The Morgan fingerprint density at radius 1 is 1.35 bits per heavy atom. The van der Waals surface area contributed by atoms with Crippen LogP contribution in [0.5, 0.6) is 17.2 Å². The van der Waals surface area contributed by atoms with Crippen LogP contribution in [0, 0.1) is 6.92 Å². The zero-order chi connectivity index (χ0) is 16.2. The highest BCUT2D eigenvalue weighted by Crippen LogP contribution is 2.31. The Morgan fingerprint density at radius 3 is 2.91 bits per heavy atom. The Morgan fingerprint density at radius 2 is 2.13 bits per heavy atom. The van der Waals surface area contributed by atoms with Gasteiger partial charge in [-0.3, -0.25) is 9.98 Å². The Bertz CT molecular complexity index is 731. The van der Waals surface area contributed by atoms with E-state index < -0.39 is 0 Å². The third-order valence-electron chi connectivity index (χ3n) is 3.63. The number of aryl methyl sites for hydroxylation is 1. The molecule has 0 bridgehead atoms. The quantitative estimate of drug-likeness (QED) is 0.841. The van der Waals surface area contributed by atoms with Crippen LogP contribution in [-0.4, -0.2) is 40.7 Å². The van der Waals surface area contributed by atoms with Gasteiger partial charge in [-0.1, -0.05) is 12.1 Å². The van der Waals surface area contributed by atoms with E-state index >= 15 is 0 Å². The minimum absolute atomic E-state index is 0.0338. The van der Waals surface area contributed by atoms with Gasteiger partial charge in [-0.15, -0.1) is 0 Å². The second-order valence-electron chi connectivity index (χ2n) is 5.28. The largest absolute Gasteiger partial charge is 0.505 e. The van der Waals surface area contributed by atoms with E-state index in [0.717, 1.165) is 5.75 Å². The summed E-state index contributed by atoms with van der Waals surface area (Å²) in [6.07, 6.45) is 2.88. The van der Waals surface area contributed by atoms with E-state index in [2.05, 4.69) is 9.98 Å². The van der Waals surface area contributed by atoms with Gasteiger partial charge < -0.3 is 19.7 Å². The van der Waals surface area contributed by atoms with Gasteiger partial charge in [0.2, 0.25) is 0 Å². The molecule has 1 atom stereocenters. The number of aliphatic hydroxyl groups excluding tert-OH is 1. The van der Waals surface area contributed by atoms with Gasteiger partial charge in [0, 0.05) is 23.5 Å². The van der Waals surface area contributed by atoms with Gasteiger partial charge in [0.25, 0.3) is 0 Å². The van der Waals surface area contributed by atoms with E-state index in [-0.39, 0.29) is 18.5 Å². The number of hydrogen-bond acceptors (Lipinski definition) is 6. The molecule has 0 radical (unpaired) electrons. The lowest BCUT2D eigenvalue weighted by Crippen LogP contribution is -2.31. The Labute approximate surface area is 134 Å². The van der Waals surface area contributed by atoms with Gasteiger partial charge in [-0.2, -0.15) is 0 Å². The van der Waals surface area contributed by atoms with Crippen molar-refractivity contribution in [3.8, 4) is 17.2 Å². The molecule has 23 heavy (non-hydrogen) atoms. The summed E-state index contributed by atoms with van der Waals surface area (Å²) >= 11 is 0. The first-order chi connectivity index (χ1) is 11.2. The van der Waals surface area contributed by atoms with Crippen LogP contribution < -0.4 is 9.47 Å². The van der Waals surface area contributed by atoms with Crippen LogP contribution in [-0.2, 0) is 6.61 Å². The second kappa shape index (κ2) is 6.66. The van der Waals surface area contributed by atoms with Crippen LogP contribution in [0.4, 0.5) is 0 Å². The van der Waals surface area contributed by atoms with Gasteiger partial charge in [-0.25, -0.2) is 0 Å². The van der Waals surface area contributed by atoms with Crippen molar-refractivity contribution in [3.63, 3.8) is 0 Å². The Hall–Kier alpha value is -2.60. The summed E-state index contributed by atoms with van der Waals surface area (Å²) in [6.45, 7) is 2.30. The van der Waals surface area contributed by atoms with Gasteiger partial charge in [0.05, 0.1) is 18.8 Å². The minimum Gasteiger partial charge on any atom is -0.505 e. The number of aromatic nitrogens is 1. The number of aliphatic imine (C=N–C) groups is 1. The first-order valence-corrected chi connectivity index (χ1v) is 7.35. The second-order valence-corrected chi connectivity index (χ2v) is 5.28. The van der Waals surface area contributed by atoms with Crippen LogP contribution in [0.3, 0.4) is 0 Å². The van der Waals surface area contributed by atoms with E-state index in [4.69, 9.17) is 9.47 Å². The topological polar surface area (TPSA) is 84.2 Å². The van der Waals surface area contributed by atoms with Crippen LogP contribution in [0.2, 0.25) is 0 Å². The molecule has 6 nitrogen and oxygen atoms in total. The van der Waals surface area contributed by atoms with Crippen molar-refractivity contribution in [1.82, 2.24) is 4.98 Å². The number of benzene rings is 1. The number of pyridine rings is 1. The van der Waals surface area contributed by atoms with Crippen LogP contribution in [0.1, 0.15) is 16.8 Å². The summed E-state index contributed by atoms with van der Waals surface area (Å²) in [5.41, 5.74) is 1.51. The highest BCUT2D eigenvalue weighted by Gasteiger charge is 2.20. The zero-order valence-corrected chi connectivity index (χ0v) is 12.8. The molecule has 1 aromatic heterocycles. The summed E-state index contributed by atoms with van der Waals surface area (Å²) < 4.78 is 11.4. The minimum atomic E-state index is -0.210. The lowest BCUT2D eigenvalue weighted by atomic mass is 10.1. The van der Waals surface area contributed by atoms with E-state index in [0.29, 0.717) is 35.7 Å². The van der Waals surface area contributed by atoms with Gasteiger partial charge >= 0.3 is 0 Å². The lowest BCUT2D eigenvalue weighted by Gasteiger charge is -2.25. The highest BCUT2D eigenvalue weighted by molar-refractivity contribution is 5.85. The molecule has 2 aromatic rings. The first kappa shape index (κ1) is 15.3. The summed E-state index contributed by atoms with van der Waals surface area (Å²) in [5.74, 6) is 1.47. The average molecular weight is 314 g/mol. The van der Waals surface area contributed by atoms with Gasteiger partial charge in [-0.05, 0) is 19.1 Å². The molecule has 0 aliphatic carbocycles. The predicted molar refractivity (Wildman–Crippen MR) is 85.4 cm³/mol. The fraction of sp³-hybridized carbons (Fsp3) is 0.294. The fourth-order valence-electron chi connectivity index (χ4n) is 2.34. The van der Waals surface area contributed by atoms with Crippen molar-refractivity contribution in [2.24, 2.45) is 4.99 Å². The molecule has 0 saturated carbocycles. The van der Waals surface area contributed by atoms with Crippen molar-refractivity contribution in [2.45, 2.75) is 19.6 Å². The third-order valence-corrected chi connectivity index (χ3v) is 3.63. The van der Waals surface area contributed by atoms with E-state index in [1.807, 2.05) is 24.3 Å². The number of hydrogen-bond donors (Lipinski definition) is 2. The normalized spacial score (nSPS) is 16.7. The maximum atomic E-state index is 10.1.